The van der Waals surface area contributed by atoms with Crippen LogP contribution in [0.3, 0.4) is 0 Å². The summed E-state index contributed by atoms with van der Waals surface area (Å²) >= 11 is 0. The van der Waals surface area contributed by atoms with E-state index < -0.39 is 15.8 Å². The Morgan fingerprint density at radius 3 is 2.95 bits per heavy atom. The fraction of sp³-hybridized carbons (Fsp3) is 0.538. The second-order valence-electron chi connectivity index (χ2n) is 5.11. The van der Waals surface area contributed by atoms with E-state index >= 15 is 0 Å². The zero-order chi connectivity index (χ0) is 14.8. The van der Waals surface area contributed by atoms with Crippen LogP contribution in [0.2, 0.25) is 0 Å². The van der Waals surface area contributed by atoms with Crippen molar-refractivity contribution in [3.05, 3.63) is 29.8 Å². The van der Waals surface area contributed by atoms with Gasteiger partial charge in [0, 0.05) is 25.7 Å². The summed E-state index contributed by atoms with van der Waals surface area (Å²) in [6.45, 7) is 0.824. The Morgan fingerprint density at radius 1 is 1.55 bits per heavy atom. The van der Waals surface area contributed by atoms with Crippen LogP contribution in [0.1, 0.15) is 29.6 Å². The number of pyridine rings is 1. The summed E-state index contributed by atoms with van der Waals surface area (Å²) in [6, 6.07) is 1.36. The lowest BCUT2D eigenvalue weighted by molar-refractivity contribution is 0.0938. The smallest absolute Gasteiger partial charge is 0.211 e. The van der Waals surface area contributed by atoms with Crippen molar-refractivity contribution in [2.24, 2.45) is 5.92 Å². The van der Waals surface area contributed by atoms with Crippen molar-refractivity contribution in [2.75, 3.05) is 19.3 Å². The van der Waals surface area contributed by atoms with Crippen LogP contribution in [0.15, 0.2) is 18.5 Å². The van der Waals surface area contributed by atoms with Crippen molar-refractivity contribution in [1.82, 2.24) is 9.29 Å². The van der Waals surface area contributed by atoms with Gasteiger partial charge in [0.05, 0.1) is 18.0 Å². The molecule has 5 nitrogen and oxygen atoms in total. The van der Waals surface area contributed by atoms with Crippen molar-refractivity contribution in [1.29, 1.82) is 0 Å². The van der Waals surface area contributed by atoms with Crippen LogP contribution in [0.25, 0.3) is 0 Å². The van der Waals surface area contributed by atoms with Crippen molar-refractivity contribution in [3.63, 3.8) is 0 Å². The molecule has 1 atom stereocenters. The molecule has 1 aliphatic heterocycles. The molecule has 0 amide bonds. The quantitative estimate of drug-likeness (QED) is 0.790. The highest BCUT2D eigenvalue weighted by atomic mass is 32.2. The molecule has 0 N–H and O–H groups in total. The van der Waals surface area contributed by atoms with Gasteiger partial charge in [0.2, 0.25) is 10.0 Å². The lowest BCUT2D eigenvalue weighted by atomic mass is 9.92. The molecule has 2 heterocycles. The summed E-state index contributed by atoms with van der Waals surface area (Å²) in [5.41, 5.74) is 0.0245. The van der Waals surface area contributed by atoms with Gasteiger partial charge in [-0.15, -0.1) is 0 Å². The van der Waals surface area contributed by atoms with Gasteiger partial charge in [-0.2, -0.15) is 0 Å². The third-order valence-electron chi connectivity index (χ3n) is 3.50. The Labute approximate surface area is 117 Å². The number of carbonyl (C=O) groups excluding carboxylic acids is 1. The monoisotopic (exact) mass is 300 g/mol. The van der Waals surface area contributed by atoms with Crippen LogP contribution >= 0.6 is 0 Å². The minimum atomic E-state index is -3.23. The van der Waals surface area contributed by atoms with E-state index in [1.165, 1.54) is 22.8 Å². The number of rotatable bonds is 4. The van der Waals surface area contributed by atoms with E-state index in [4.69, 9.17) is 0 Å². The normalized spacial score (nSPS) is 20.8. The average molecular weight is 300 g/mol. The first-order valence-corrected chi connectivity index (χ1v) is 8.30. The van der Waals surface area contributed by atoms with Crippen molar-refractivity contribution in [2.45, 2.75) is 19.3 Å². The summed E-state index contributed by atoms with van der Waals surface area (Å²) in [6.07, 6.45) is 5.22. The van der Waals surface area contributed by atoms with E-state index in [2.05, 4.69) is 4.98 Å². The third kappa shape index (κ3) is 3.61. The van der Waals surface area contributed by atoms with E-state index in [0.717, 1.165) is 19.0 Å². The Kier molecular flexibility index (Phi) is 4.49. The van der Waals surface area contributed by atoms with E-state index in [9.17, 15) is 17.6 Å². The van der Waals surface area contributed by atoms with Crippen LogP contribution in [0.4, 0.5) is 4.39 Å². The number of ketones is 1. The molecule has 110 valence electrons. The van der Waals surface area contributed by atoms with Gasteiger partial charge in [-0.25, -0.2) is 17.1 Å². The fourth-order valence-electron chi connectivity index (χ4n) is 2.47. The van der Waals surface area contributed by atoms with Gasteiger partial charge in [-0.05, 0) is 24.8 Å². The molecule has 7 heteroatoms. The van der Waals surface area contributed by atoms with Gasteiger partial charge >= 0.3 is 0 Å². The first-order chi connectivity index (χ1) is 9.38. The second-order valence-corrected chi connectivity index (χ2v) is 7.09. The predicted octanol–water partition coefficient (Wildman–Crippen LogP) is 1.47. The second kappa shape index (κ2) is 5.97. The van der Waals surface area contributed by atoms with Crippen LogP contribution in [-0.2, 0) is 10.0 Å². The van der Waals surface area contributed by atoms with Gasteiger partial charge in [0.1, 0.15) is 0 Å². The molecule has 1 fully saturated rings. The largest absolute Gasteiger partial charge is 0.294 e. The number of piperidine rings is 1. The van der Waals surface area contributed by atoms with E-state index in [1.54, 1.807) is 0 Å². The number of carbonyl (C=O) groups is 1. The number of aromatic nitrogens is 1. The summed E-state index contributed by atoms with van der Waals surface area (Å²) in [5.74, 6) is -0.989. The Bertz CT molecular complexity index is 603. The third-order valence-corrected chi connectivity index (χ3v) is 4.77. The molecule has 0 saturated carbocycles. The number of nitrogens with zero attached hydrogens (tertiary/aromatic N) is 2. The topological polar surface area (TPSA) is 67.3 Å². The van der Waals surface area contributed by atoms with Crippen LogP contribution < -0.4 is 0 Å². The number of sulfonamides is 1. The molecule has 1 aliphatic rings. The molecule has 1 aromatic rings. The molecule has 0 spiro atoms. The van der Waals surface area contributed by atoms with Gasteiger partial charge in [0.25, 0.3) is 0 Å². The minimum Gasteiger partial charge on any atom is -0.294 e. The molecule has 0 aromatic carbocycles. The van der Waals surface area contributed by atoms with Gasteiger partial charge < -0.3 is 0 Å². The number of halogens is 1. The van der Waals surface area contributed by atoms with Crippen molar-refractivity contribution < 1.29 is 17.6 Å². The molecular weight excluding hydrogens is 283 g/mol. The molecular formula is C13H17FN2O3S. The average Bonchev–Trinajstić information content (AvgIpc) is 2.38. The molecule has 0 bridgehead atoms. The van der Waals surface area contributed by atoms with Crippen LogP contribution in [-0.4, -0.2) is 42.8 Å². The van der Waals surface area contributed by atoms with Gasteiger partial charge in [-0.1, -0.05) is 0 Å². The van der Waals surface area contributed by atoms with Gasteiger partial charge in [0.15, 0.2) is 11.6 Å². The van der Waals surface area contributed by atoms with E-state index in [0.29, 0.717) is 13.1 Å². The molecule has 0 radical (unpaired) electrons. The fourth-order valence-corrected chi connectivity index (χ4v) is 3.41. The summed E-state index contributed by atoms with van der Waals surface area (Å²) in [7, 11) is -3.23. The summed E-state index contributed by atoms with van der Waals surface area (Å²) in [4.78, 5) is 15.7. The Morgan fingerprint density at radius 2 is 2.30 bits per heavy atom. The Balaban J connectivity index is 2.03. The highest BCUT2D eigenvalue weighted by Gasteiger charge is 2.28. The van der Waals surface area contributed by atoms with Crippen LogP contribution in [0.5, 0.6) is 0 Å². The highest BCUT2D eigenvalue weighted by Crippen LogP contribution is 2.23. The SMILES string of the molecule is CS(=O)(=O)N1CCCC(CC(=O)c2ccncc2F)C1. The first-order valence-electron chi connectivity index (χ1n) is 6.46. The van der Waals surface area contributed by atoms with E-state index in [-0.39, 0.29) is 23.7 Å². The maximum Gasteiger partial charge on any atom is 0.211 e. The maximum absolute atomic E-state index is 13.5. The minimum absolute atomic E-state index is 0.0245. The Hall–Kier alpha value is -1.34. The molecule has 1 saturated heterocycles. The number of hydrogen-bond donors (Lipinski definition) is 0. The summed E-state index contributed by atoms with van der Waals surface area (Å²) < 4.78 is 37.9. The maximum atomic E-state index is 13.5. The van der Waals surface area contributed by atoms with E-state index in [1.807, 2.05) is 0 Å². The zero-order valence-corrected chi connectivity index (χ0v) is 12.1. The van der Waals surface area contributed by atoms with Gasteiger partial charge in [-0.3, -0.25) is 9.78 Å². The molecule has 1 aromatic heterocycles. The molecule has 20 heavy (non-hydrogen) atoms. The number of hydrogen-bond acceptors (Lipinski definition) is 4. The molecule has 0 aliphatic carbocycles. The predicted molar refractivity (Wildman–Crippen MR) is 72.3 cm³/mol. The molecule has 2 rings (SSSR count). The van der Waals surface area contributed by atoms with Crippen LogP contribution in [0, 0.1) is 11.7 Å². The van der Waals surface area contributed by atoms with Crippen molar-refractivity contribution >= 4 is 15.8 Å². The standard InChI is InChI=1S/C13H17FN2O3S/c1-20(18,19)16-6-2-3-10(9-16)7-13(17)11-4-5-15-8-12(11)14/h4-5,8,10H,2-3,6-7,9H2,1H3. The lowest BCUT2D eigenvalue weighted by Crippen LogP contribution is -2.39. The first kappa shape index (κ1) is 15.1. The zero-order valence-electron chi connectivity index (χ0n) is 11.3. The number of Topliss-reactive ketones (excluding diaryl/α,β-unsaturated/α-hetero) is 1. The lowest BCUT2D eigenvalue weighted by Gasteiger charge is -2.30. The highest BCUT2D eigenvalue weighted by molar-refractivity contribution is 7.88. The van der Waals surface area contributed by atoms with Crippen molar-refractivity contribution in [3.8, 4) is 0 Å². The molecule has 1 unspecified atom stereocenters. The summed E-state index contributed by atoms with van der Waals surface area (Å²) in [5, 5.41) is 0.